The lowest BCUT2D eigenvalue weighted by atomic mass is 9.76. The summed E-state index contributed by atoms with van der Waals surface area (Å²) < 4.78 is 6.53. The summed E-state index contributed by atoms with van der Waals surface area (Å²) in [6, 6.07) is 27.6. The molecule has 0 aliphatic carbocycles. The third-order valence-electron chi connectivity index (χ3n) is 6.12. The monoisotopic (exact) mass is 507 g/mol. The van der Waals surface area contributed by atoms with Crippen molar-refractivity contribution in [2.75, 3.05) is 18.6 Å². The van der Waals surface area contributed by atoms with Gasteiger partial charge in [0.25, 0.3) is 0 Å². The van der Waals surface area contributed by atoms with Crippen LogP contribution in [0.1, 0.15) is 36.5 Å². The first-order valence-corrected chi connectivity index (χ1v) is 11.6. The number of rotatable bonds is 8. The van der Waals surface area contributed by atoms with Crippen LogP contribution in [0.3, 0.4) is 0 Å². The SMILES string of the molecule is CCOC1(c2ccccc2)c2ccccc2N(C)c2ccccc21.O=C(O)CC(O)(CC(=O)O)C(=O)O. The van der Waals surface area contributed by atoms with E-state index in [1.165, 1.54) is 28.1 Å². The van der Waals surface area contributed by atoms with Gasteiger partial charge < -0.3 is 30.1 Å². The van der Waals surface area contributed by atoms with Crippen LogP contribution in [0, 0.1) is 0 Å². The van der Waals surface area contributed by atoms with E-state index in [1.54, 1.807) is 0 Å². The van der Waals surface area contributed by atoms with Crippen molar-refractivity contribution >= 4 is 29.3 Å². The molecule has 0 unspecified atom stereocenters. The molecule has 0 fully saturated rings. The summed E-state index contributed by atoms with van der Waals surface area (Å²) in [5, 5.41) is 33.8. The van der Waals surface area contributed by atoms with E-state index < -0.39 is 42.0 Å². The van der Waals surface area contributed by atoms with Crippen molar-refractivity contribution in [1.29, 1.82) is 0 Å². The zero-order chi connectivity index (χ0) is 27.2. The summed E-state index contributed by atoms with van der Waals surface area (Å²) in [6.07, 6.45) is -2.29. The molecular weight excluding hydrogens is 478 g/mol. The first-order chi connectivity index (χ1) is 17.6. The van der Waals surface area contributed by atoms with Crippen molar-refractivity contribution in [1.82, 2.24) is 0 Å². The fourth-order valence-corrected chi connectivity index (χ4v) is 4.56. The Hall–Kier alpha value is -4.21. The fourth-order valence-electron chi connectivity index (χ4n) is 4.56. The fraction of sp³-hybridized carbons (Fsp3) is 0.250. The topological polar surface area (TPSA) is 145 Å². The maximum absolute atomic E-state index is 10.3. The van der Waals surface area contributed by atoms with Gasteiger partial charge in [0.1, 0.15) is 5.60 Å². The van der Waals surface area contributed by atoms with Crippen LogP contribution >= 0.6 is 0 Å². The average Bonchev–Trinajstić information content (AvgIpc) is 2.86. The Kier molecular flexibility index (Phi) is 8.31. The van der Waals surface area contributed by atoms with E-state index in [2.05, 4.69) is 97.7 Å². The second kappa shape index (κ2) is 11.2. The number of anilines is 2. The molecule has 0 spiro atoms. The molecule has 4 rings (SSSR count). The van der Waals surface area contributed by atoms with Crippen molar-refractivity contribution in [2.24, 2.45) is 0 Å². The molecule has 1 aliphatic rings. The van der Waals surface area contributed by atoms with Crippen molar-refractivity contribution in [3.05, 3.63) is 95.6 Å². The number of carbonyl (C=O) groups is 3. The third kappa shape index (κ3) is 5.47. The smallest absolute Gasteiger partial charge is 0.336 e. The highest BCUT2D eigenvalue weighted by Crippen LogP contribution is 2.52. The quantitative estimate of drug-likeness (QED) is 0.357. The minimum Gasteiger partial charge on any atom is -0.481 e. The van der Waals surface area contributed by atoms with E-state index in [9.17, 15) is 14.4 Å². The highest BCUT2D eigenvalue weighted by Gasteiger charge is 2.44. The summed E-state index contributed by atoms with van der Waals surface area (Å²) in [4.78, 5) is 32.7. The highest BCUT2D eigenvalue weighted by molar-refractivity contribution is 5.88. The first-order valence-electron chi connectivity index (χ1n) is 11.6. The minimum absolute atomic E-state index is 0.574. The van der Waals surface area contributed by atoms with Gasteiger partial charge >= 0.3 is 17.9 Å². The number of nitrogens with zero attached hydrogens (tertiary/aromatic N) is 1. The molecule has 0 radical (unpaired) electrons. The Morgan fingerprint density at radius 3 is 1.62 bits per heavy atom. The van der Waals surface area contributed by atoms with Crippen LogP contribution in [0.4, 0.5) is 11.4 Å². The molecular formula is C28H29NO8. The van der Waals surface area contributed by atoms with Crippen LogP contribution in [0.25, 0.3) is 0 Å². The van der Waals surface area contributed by atoms with Gasteiger partial charge in [-0.1, -0.05) is 66.7 Å². The van der Waals surface area contributed by atoms with Gasteiger partial charge in [0.2, 0.25) is 0 Å². The van der Waals surface area contributed by atoms with Crippen LogP contribution < -0.4 is 4.90 Å². The molecule has 3 aromatic carbocycles. The molecule has 37 heavy (non-hydrogen) atoms. The van der Waals surface area contributed by atoms with Gasteiger partial charge in [-0.15, -0.1) is 0 Å². The van der Waals surface area contributed by atoms with E-state index in [1.807, 2.05) is 0 Å². The molecule has 3 aromatic rings. The lowest BCUT2D eigenvalue weighted by Gasteiger charge is -2.44. The van der Waals surface area contributed by atoms with Crippen LogP contribution in [-0.2, 0) is 24.7 Å². The first kappa shape index (κ1) is 27.4. The maximum Gasteiger partial charge on any atom is 0.336 e. The van der Waals surface area contributed by atoms with Crippen molar-refractivity contribution in [3.63, 3.8) is 0 Å². The van der Waals surface area contributed by atoms with Crippen molar-refractivity contribution in [2.45, 2.75) is 31.0 Å². The Bertz CT molecular complexity index is 1210. The molecule has 0 atom stereocenters. The van der Waals surface area contributed by atoms with Gasteiger partial charge in [0.05, 0.1) is 12.8 Å². The second-order valence-electron chi connectivity index (χ2n) is 8.55. The number of hydrogen-bond acceptors (Lipinski definition) is 6. The number of aliphatic hydroxyl groups is 1. The van der Waals surface area contributed by atoms with Gasteiger partial charge in [-0.3, -0.25) is 9.59 Å². The van der Waals surface area contributed by atoms with Crippen LogP contribution in [0.2, 0.25) is 0 Å². The number of fused-ring (bicyclic) bond motifs is 2. The van der Waals surface area contributed by atoms with Crippen LogP contribution in [0.5, 0.6) is 0 Å². The number of carboxylic acid groups (broad SMARTS) is 3. The Morgan fingerprint density at radius 1 is 0.784 bits per heavy atom. The Morgan fingerprint density at radius 2 is 1.22 bits per heavy atom. The van der Waals surface area contributed by atoms with Gasteiger partial charge in [-0.2, -0.15) is 0 Å². The van der Waals surface area contributed by atoms with E-state index in [-0.39, 0.29) is 0 Å². The summed E-state index contributed by atoms with van der Waals surface area (Å²) in [6.45, 7) is 2.70. The number of benzene rings is 3. The predicted molar refractivity (Wildman–Crippen MR) is 136 cm³/mol. The Balaban J connectivity index is 0.000000251. The summed E-state index contributed by atoms with van der Waals surface area (Å²) in [7, 11) is 2.12. The highest BCUT2D eigenvalue weighted by atomic mass is 16.5. The molecule has 9 heteroatoms. The van der Waals surface area contributed by atoms with Crippen molar-refractivity contribution < 1.29 is 39.5 Å². The van der Waals surface area contributed by atoms with E-state index in [0.717, 1.165) is 0 Å². The minimum atomic E-state index is -2.74. The third-order valence-corrected chi connectivity index (χ3v) is 6.12. The molecule has 4 N–H and O–H groups in total. The van der Waals surface area contributed by atoms with Crippen LogP contribution in [0.15, 0.2) is 78.9 Å². The average molecular weight is 508 g/mol. The number of carboxylic acids is 3. The van der Waals surface area contributed by atoms with Gasteiger partial charge in [0, 0.05) is 36.2 Å². The largest absolute Gasteiger partial charge is 0.481 e. The van der Waals surface area contributed by atoms with Gasteiger partial charge in [-0.25, -0.2) is 4.79 Å². The van der Waals surface area contributed by atoms with E-state index in [4.69, 9.17) is 25.2 Å². The zero-order valence-electron chi connectivity index (χ0n) is 20.5. The maximum atomic E-state index is 10.3. The Labute approximate surface area is 214 Å². The predicted octanol–water partition coefficient (Wildman–Crippen LogP) is 3.85. The molecule has 0 amide bonds. The standard InChI is InChI=1S/C22H21NO.C6H8O7/c1-3-24-22(17-11-5-4-6-12-17)18-13-7-9-15-20(18)23(2)21-16-10-8-14-19(21)22;7-3(8)1-6(13,5(11)12)2-4(9)10/h4-16H,3H2,1-2H3;13H,1-2H2,(H,7,8)(H,9,10)(H,11,12). The van der Waals surface area contributed by atoms with Gasteiger partial charge in [-0.05, 0) is 24.6 Å². The summed E-state index contributed by atoms with van der Waals surface area (Å²) in [5.41, 5.74) is 2.62. The molecule has 1 heterocycles. The number of aliphatic carboxylic acids is 3. The molecule has 0 bridgehead atoms. The molecule has 194 valence electrons. The molecule has 0 aromatic heterocycles. The van der Waals surface area contributed by atoms with Crippen molar-refractivity contribution in [3.8, 4) is 0 Å². The van der Waals surface area contributed by atoms with E-state index >= 15 is 0 Å². The molecule has 0 saturated carbocycles. The number of para-hydroxylation sites is 2. The molecule has 0 saturated heterocycles. The molecule has 1 aliphatic heterocycles. The lowest BCUT2D eigenvalue weighted by Crippen LogP contribution is -2.42. The molecule has 9 nitrogen and oxygen atoms in total. The van der Waals surface area contributed by atoms with E-state index in [0.29, 0.717) is 6.61 Å². The number of hydrogen-bond donors (Lipinski definition) is 4. The van der Waals surface area contributed by atoms with Gasteiger partial charge in [0.15, 0.2) is 5.60 Å². The second-order valence-corrected chi connectivity index (χ2v) is 8.55. The summed E-state index contributed by atoms with van der Waals surface area (Å²) >= 11 is 0. The normalized spacial score (nSPS) is 13.4. The van der Waals surface area contributed by atoms with Crippen LogP contribution in [-0.4, -0.2) is 57.6 Å². The lowest BCUT2D eigenvalue weighted by molar-refractivity contribution is -0.170. The zero-order valence-corrected chi connectivity index (χ0v) is 20.5. The summed E-state index contributed by atoms with van der Waals surface area (Å²) in [5.74, 6) is -5.02. The number of ether oxygens (including phenoxy) is 1.